The number of unbranched alkanes of at least 4 members (excludes halogenated alkanes) is 1. The second kappa shape index (κ2) is 7.95. The van der Waals surface area contributed by atoms with Crippen LogP contribution in [0.25, 0.3) is 0 Å². The van der Waals surface area contributed by atoms with Crippen LogP contribution in [0.3, 0.4) is 0 Å². The molecule has 2 aromatic rings. The third-order valence-corrected chi connectivity index (χ3v) is 4.37. The van der Waals surface area contributed by atoms with Crippen molar-refractivity contribution in [2.75, 3.05) is 37.6 Å². The highest BCUT2D eigenvalue weighted by Crippen LogP contribution is 2.13. The molecule has 0 saturated carbocycles. The second-order valence-electron chi connectivity index (χ2n) is 5.66. The third-order valence-electron chi connectivity index (χ3n) is 3.98. The highest BCUT2D eigenvalue weighted by molar-refractivity contribution is 6.30. The molecule has 2 aromatic heterocycles. The first-order valence-corrected chi connectivity index (χ1v) is 8.59. The highest BCUT2D eigenvalue weighted by atomic mass is 35.5. The van der Waals surface area contributed by atoms with Gasteiger partial charge in [-0.1, -0.05) is 23.2 Å². The number of aryl methyl sites for hydroxylation is 1. The van der Waals surface area contributed by atoms with E-state index in [2.05, 4.69) is 24.9 Å². The topological polar surface area (TPSA) is 50.1 Å². The van der Waals surface area contributed by atoms with Gasteiger partial charge in [-0.2, -0.15) is 5.10 Å². The summed E-state index contributed by atoms with van der Waals surface area (Å²) in [7, 11) is 0. The Bertz CT molecular complexity index is 607. The molecule has 0 aliphatic carbocycles. The molecular weight excluding hydrogens is 335 g/mol. The minimum absolute atomic E-state index is 0.575. The van der Waals surface area contributed by atoms with E-state index >= 15 is 0 Å². The molecule has 0 bridgehead atoms. The van der Waals surface area contributed by atoms with Crippen LogP contribution in [-0.4, -0.2) is 57.4 Å². The fourth-order valence-electron chi connectivity index (χ4n) is 2.71. The number of aromatic nitrogens is 4. The van der Waals surface area contributed by atoms with Gasteiger partial charge in [-0.05, 0) is 19.4 Å². The van der Waals surface area contributed by atoms with Gasteiger partial charge in [0.2, 0.25) is 5.95 Å². The van der Waals surface area contributed by atoms with Crippen molar-refractivity contribution in [3.63, 3.8) is 0 Å². The first-order valence-electron chi connectivity index (χ1n) is 7.83. The molecule has 1 saturated heterocycles. The molecule has 0 atom stereocenters. The van der Waals surface area contributed by atoms with Gasteiger partial charge in [0.1, 0.15) is 0 Å². The van der Waals surface area contributed by atoms with Crippen molar-refractivity contribution in [1.29, 1.82) is 0 Å². The summed E-state index contributed by atoms with van der Waals surface area (Å²) in [5.41, 5.74) is 0. The van der Waals surface area contributed by atoms with Crippen LogP contribution in [0, 0.1) is 0 Å². The van der Waals surface area contributed by atoms with Crippen LogP contribution in [0.15, 0.2) is 24.8 Å². The van der Waals surface area contributed by atoms with Crippen molar-refractivity contribution < 1.29 is 0 Å². The summed E-state index contributed by atoms with van der Waals surface area (Å²) < 4.78 is 1.90. The Morgan fingerprint density at radius 2 is 1.57 bits per heavy atom. The third kappa shape index (κ3) is 4.80. The lowest BCUT2D eigenvalue weighted by Crippen LogP contribution is -2.47. The first kappa shape index (κ1) is 16.5. The monoisotopic (exact) mass is 354 g/mol. The van der Waals surface area contributed by atoms with Crippen LogP contribution in [-0.2, 0) is 6.54 Å². The number of anilines is 1. The number of hydrogen-bond donors (Lipinski definition) is 0. The van der Waals surface area contributed by atoms with Crippen LogP contribution in [0.1, 0.15) is 12.8 Å². The molecule has 0 aromatic carbocycles. The van der Waals surface area contributed by atoms with Crippen LogP contribution < -0.4 is 4.90 Å². The van der Waals surface area contributed by atoms with E-state index in [1.807, 2.05) is 10.9 Å². The van der Waals surface area contributed by atoms with Crippen LogP contribution in [0.5, 0.6) is 0 Å². The fourth-order valence-corrected chi connectivity index (χ4v) is 2.96. The van der Waals surface area contributed by atoms with Crippen molar-refractivity contribution in [1.82, 2.24) is 24.6 Å². The van der Waals surface area contributed by atoms with Gasteiger partial charge in [0, 0.05) is 38.9 Å². The fraction of sp³-hybridized carbons (Fsp3) is 0.533. The van der Waals surface area contributed by atoms with E-state index in [4.69, 9.17) is 23.2 Å². The van der Waals surface area contributed by atoms with Gasteiger partial charge in [-0.15, -0.1) is 0 Å². The van der Waals surface area contributed by atoms with E-state index in [9.17, 15) is 0 Å². The van der Waals surface area contributed by atoms with Crippen LogP contribution in [0.4, 0.5) is 5.95 Å². The Hall–Kier alpha value is -1.37. The standard InChI is InChI=1S/C15H20Cl2N6/c16-13-9-18-15(19-10-13)22-7-5-21(6-8-22)3-1-2-4-23-12-14(17)11-20-23/h9-12H,1-8H2. The number of rotatable bonds is 6. The molecule has 1 aliphatic rings. The number of halogens is 2. The molecule has 1 fully saturated rings. The summed E-state index contributed by atoms with van der Waals surface area (Å²) in [4.78, 5) is 13.3. The van der Waals surface area contributed by atoms with Gasteiger partial charge in [-0.3, -0.25) is 9.58 Å². The predicted molar refractivity (Wildman–Crippen MR) is 92.2 cm³/mol. The summed E-state index contributed by atoms with van der Waals surface area (Å²) in [6, 6.07) is 0. The number of hydrogen-bond acceptors (Lipinski definition) is 5. The summed E-state index contributed by atoms with van der Waals surface area (Å²) in [6.07, 6.45) is 9.12. The van der Waals surface area contributed by atoms with E-state index in [0.29, 0.717) is 10.0 Å². The molecule has 8 heteroatoms. The Kier molecular flexibility index (Phi) is 5.70. The van der Waals surface area contributed by atoms with Gasteiger partial charge in [0.15, 0.2) is 0 Å². The maximum atomic E-state index is 5.85. The van der Waals surface area contributed by atoms with Crippen molar-refractivity contribution >= 4 is 29.2 Å². The molecular formula is C15H20Cl2N6. The summed E-state index contributed by atoms with van der Waals surface area (Å²) in [5.74, 6) is 0.768. The van der Waals surface area contributed by atoms with E-state index < -0.39 is 0 Å². The van der Waals surface area contributed by atoms with E-state index in [1.54, 1.807) is 18.6 Å². The molecule has 3 heterocycles. The van der Waals surface area contributed by atoms with Gasteiger partial charge in [-0.25, -0.2) is 9.97 Å². The highest BCUT2D eigenvalue weighted by Gasteiger charge is 2.18. The summed E-state index contributed by atoms with van der Waals surface area (Å²) in [6.45, 7) is 6.03. The zero-order valence-electron chi connectivity index (χ0n) is 12.9. The average molecular weight is 355 g/mol. The normalized spacial score (nSPS) is 16.0. The molecule has 0 unspecified atom stereocenters. The smallest absolute Gasteiger partial charge is 0.225 e. The molecule has 1 aliphatic heterocycles. The van der Waals surface area contributed by atoms with E-state index in [-0.39, 0.29) is 0 Å². The molecule has 0 radical (unpaired) electrons. The molecule has 0 amide bonds. The van der Waals surface area contributed by atoms with Gasteiger partial charge in [0.25, 0.3) is 0 Å². The van der Waals surface area contributed by atoms with Gasteiger partial charge < -0.3 is 4.90 Å². The van der Waals surface area contributed by atoms with Crippen LogP contribution in [0.2, 0.25) is 10.0 Å². The lowest BCUT2D eigenvalue weighted by atomic mass is 10.2. The number of nitrogens with zero attached hydrogens (tertiary/aromatic N) is 6. The molecule has 3 rings (SSSR count). The van der Waals surface area contributed by atoms with Crippen molar-refractivity contribution in [2.45, 2.75) is 19.4 Å². The Balaban J connectivity index is 1.35. The maximum Gasteiger partial charge on any atom is 0.225 e. The SMILES string of the molecule is Clc1cnc(N2CCN(CCCCn3cc(Cl)cn3)CC2)nc1. The first-order chi connectivity index (χ1) is 11.2. The Morgan fingerprint density at radius 1 is 0.870 bits per heavy atom. The largest absolute Gasteiger partial charge is 0.338 e. The van der Waals surface area contributed by atoms with Crippen molar-refractivity contribution in [3.8, 4) is 0 Å². The number of piperazine rings is 1. The molecule has 0 spiro atoms. The van der Waals surface area contributed by atoms with Crippen molar-refractivity contribution in [3.05, 3.63) is 34.8 Å². The second-order valence-corrected chi connectivity index (χ2v) is 6.53. The Morgan fingerprint density at radius 3 is 2.22 bits per heavy atom. The lowest BCUT2D eigenvalue weighted by Gasteiger charge is -2.34. The minimum Gasteiger partial charge on any atom is -0.338 e. The van der Waals surface area contributed by atoms with E-state index in [0.717, 1.165) is 58.1 Å². The van der Waals surface area contributed by atoms with Gasteiger partial charge >= 0.3 is 0 Å². The van der Waals surface area contributed by atoms with Crippen molar-refractivity contribution in [2.24, 2.45) is 0 Å². The zero-order valence-corrected chi connectivity index (χ0v) is 14.4. The summed E-state index contributed by atoms with van der Waals surface area (Å²) in [5, 5.41) is 5.47. The van der Waals surface area contributed by atoms with Gasteiger partial charge in [0.05, 0.1) is 28.6 Å². The van der Waals surface area contributed by atoms with Crippen LogP contribution >= 0.6 is 23.2 Å². The molecule has 0 N–H and O–H groups in total. The predicted octanol–water partition coefficient (Wildman–Crippen LogP) is 2.58. The molecule has 124 valence electrons. The summed E-state index contributed by atoms with van der Waals surface area (Å²) >= 11 is 11.7. The maximum absolute atomic E-state index is 5.85. The average Bonchev–Trinajstić information content (AvgIpc) is 2.98. The zero-order chi connectivity index (χ0) is 16.1. The quantitative estimate of drug-likeness (QED) is 0.746. The Labute approximate surface area is 146 Å². The molecule has 23 heavy (non-hydrogen) atoms. The minimum atomic E-state index is 0.575. The lowest BCUT2D eigenvalue weighted by molar-refractivity contribution is 0.249. The molecule has 6 nitrogen and oxygen atoms in total. The van der Waals surface area contributed by atoms with E-state index in [1.165, 1.54) is 0 Å².